The molecule has 4 nitrogen and oxygen atoms in total. The molecule has 0 bridgehead atoms. The second kappa shape index (κ2) is 6.00. The number of nitrogens with one attached hydrogen (secondary N) is 1. The lowest BCUT2D eigenvalue weighted by Crippen LogP contribution is -2.32. The van der Waals surface area contributed by atoms with Crippen LogP contribution in [0.25, 0.3) is 0 Å². The summed E-state index contributed by atoms with van der Waals surface area (Å²) in [6.45, 7) is 4.01. The topological polar surface area (TPSA) is 63.2 Å². The Balaban J connectivity index is 2.77. The average Bonchev–Trinajstić information content (AvgIpc) is 2.28. The van der Waals surface area contributed by atoms with E-state index in [-0.39, 0.29) is 16.8 Å². The molecule has 0 aliphatic heterocycles. The lowest BCUT2D eigenvalue weighted by atomic mass is 10.1. The number of benzene rings is 1. The first-order valence-electron chi connectivity index (χ1n) is 5.95. The van der Waals surface area contributed by atoms with Gasteiger partial charge in [0.2, 0.25) is 0 Å². The Labute approximate surface area is 108 Å². The standard InChI is InChI=1S/C13H19NO3S/c1-4-5-10(2)14-13(15)11-6-8-12(9-7-11)18(3,16)17/h6-10H,4-5H2,1-3H3,(H,14,15). The summed E-state index contributed by atoms with van der Waals surface area (Å²) in [4.78, 5) is 12.1. The van der Waals surface area contributed by atoms with E-state index in [4.69, 9.17) is 0 Å². The molecule has 1 N–H and O–H groups in total. The van der Waals surface area contributed by atoms with Crippen molar-refractivity contribution in [1.29, 1.82) is 0 Å². The van der Waals surface area contributed by atoms with Gasteiger partial charge in [-0.25, -0.2) is 8.42 Å². The van der Waals surface area contributed by atoms with Crippen molar-refractivity contribution in [1.82, 2.24) is 5.32 Å². The Morgan fingerprint density at radius 3 is 2.28 bits per heavy atom. The van der Waals surface area contributed by atoms with Crippen molar-refractivity contribution in [2.75, 3.05) is 6.26 Å². The summed E-state index contributed by atoms with van der Waals surface area (Å²) < 4.78 is 22.6. The predicted molar refractivity (Wildman–Crippen MR) is 71.4 cm³/mol. The fraction of sp³-hybridized carbons (Fsp3) is 0.462. The van der Waals surface area contributed by atoms with Crippen LogP contribution in [0.1, 0.15) is 37.0 Å². The van der Waals surface area contributed by atoms with Gasteiger partial charge in [-0.05, 0) is 37.6 Å². The highest BCUT2D eigenvalue weighted by Gasteiger charge is 2.11. The van der Waals surface area contributed by atoms with Gasteiger partial charge in [0.05, 0.1) is 4.90 Å². The molecular formula is C13H19NO3S. The highest BCUT2D eigenvalue weighted by atomic mass is 32.2. The van der Waals surface area contributed by atoms with Crippen LogP contribution < -0.4 is 5.32 Å². The van der Waals surface area contributed by atoms with E-state index in [1.54, 1.807) is 0 Å². The molecule has 1 aromatic rings. The third kappa shape index (κ3) is 4.14. The second-order valence-electron chi connectivity index (χ2n) is 4.46. The molecule has 0 aliphatic carbocycles. The smallest absolute Gasteiger partial charge is 0.251 e. The number of hydrogen-bond donors (Lipinski definition) is 1. The summed E-state index contributed by atoms with van der Waals surface area (Å²) in [6, 6.07) is 6.09. The molecule has 0 saturated heterocycles. The molecule has 0 radical (unpaired) electrons. The summed E-state index contributed by atoms with van der Waals surface area (Å²) >= 11 is 0. The van der Waals surface area contributed by atoms with E-state index in [0.717, 1.165) is 19.1 Å². The zero-order chi connectivity index (χ0) is 13.8. The molecule has 0 aliphatic rings. The third-order valence-corrected chi connectivity index (χ3v) is 3.77. The van der Waals surface area contributed by atoms with Crippen LogP contribution in [0.3, 0.4) is 0 Å². The Morgan fingerprint density at radius 2 is 1.83 bits per heavy atom. The fourth-order valence-corrected chi connectivity index (χ4v) is 2.30. The minimum Gasteiger partial charge on any atom is -0.350 e. The number of sulfone groups is 1. The van der Waals surface area contributed by atoms with E-state index in [1.165, 1.54) is 24.3 Å². The van der Waals surface area contributed by atoms with Crippen LogP contribution in [-0.2, 0) is 9.84 Å². The molecule has 0 saturated carbocycles. The van der Waals surface area contributed by atoms with Crippen LogP contribution in [0.4, 0.5) is 0 Å². The van der Waals surface area contributed by atoms with Crippen LogP contribution in [-0.4, -0.2) is 26.6 Å². The summed E-state index contributed by atoms with van der Waals surface area (Å²) in [5.41, 5.74) is 0.477. The van der Waals surface area contributed by atoms with Crippen molar-refractivity contribution in [2.24, 2.45) is 0 Å². The second-order valence-corrected chi connectivity index (χ2v) is 6.48. The van der Waals surface area contributed by atoms with E-state index in [9.17, 15) is 13.2 Å². The first-order chi connectivity index (χ1) is 8.34. The molecular weight excluding hydrogens is 250 g/mol. The van der Waals surface area contributed by atoms with Crippen molar-refractivity contribution in [3.63, 3.8) is 0 Å². The zero-order valence-corrected chi connectivity index (χ0v) is 11.8. The Bertz CT molecular complexity index is 506. The molecule has 1 atom stereocenters. The number of amides is 1. The minimum absolute atomic E-state index is 0.122. The first-order valence-corrected chi connectivity index (χ1v) is 7.84. The predicted octanol–water partition coefficient (Wildman–Crippen LogP) is 2.01. The van der Waals surface area contributed by atoms with Crippen LogP contribution in [0.2, 0.25) is 0 Å². The zero-order valence-electron chi connectivity index (χ0n) is 10.9. The van der Waals surface area contributed by atoms with Crippen LogP contribution >= 0.6 is 0 Å². The molecule has 1 rings (SSSR count). The van der Waals surface area contributed by atoms with E-state index in [0.29, 0.717) is 5.56 Å². The van der Waals surface area contributed by atoms with Crippen LogP contribution in [0, 0.1) is 0 Å². The van der Waals surface area contributed by atoms with Gasteiger partial charge < -0.3 is 5.32 Å². The van der Waals surface area contributed by atoms with Crippen molar-refractivity contribution in [3.05, 3.63) is 29.8 Å². The van der Waals surface area contributed by atoms with Gasteiger partial charge in [-0.15, -0.1) is 0 Å². The largest absolute Gasteiger partial charge is 0.350 e. The normalized spacial score (nSPS) is 13.1. The Morgan fingerprint density at radius 1 is 1.28 bits per heavy atom. The molecule has 5 heteroatoms. The lowest BCUT2D eigenvalue weighted by molar-refractivity contribution is 0.0938. The van der Waals surface area contributed by atoms with E-state index in [1.807, 2.05) is 6.92 Å². The van der Waals surface area contributed by atoms with Gasteiger partial charge in [-0.1, -0.05) is 13.3 Å². The van der Waals surface area contributed by atoms with Gasteiger partial charge >= 0.3 is 0 Å². The van der Waals surface area contributed by atoms with Gasteiger partial charge in [0, 0.05) is 17.9 Å². The Kier molecular flexibility index (Phi) is 4.90. The summed E-state index contributed by atoms with van der Waals surface area (Å²) in [7, 11) is -3.21. The quantitative estimate of drug-likeness (QED) is 0.889. The monoisotopic (exact) mass is 269 g/mol. The van der Waals surface area contributed by atoms with Gasteiger partial charge in [0.25, 0.3) is 5.91 Å². The average molecular weight is 269 g/mol. The molecule has 100 valence electrons. The number of rotatable bonds is 5. The van der Waals surface area contributed by atoms with Gasteiger partial charge in [0.1, 0.15) is 0 Å². The van der Waals surface area contributed by atoms with Crippen LogP contribution in [0.15, 0.2) is 29.2 Å². The highest BCUT2D eigenvalue weighted by molar-refractivity contribution is 7.90. The van der Waals surface area contributed by atoms with Crippen molar-refractivity contribution < 1.29 is 13.2 Å². The van der Waals surface area contributed by atoms with E-state index in [2.05, 4.69) is 12.2 Å². The van der Waals surface area contributed by atoms with Crippen molar-refractivity contribution >= 4 is 15.7 Å². The minimum atomic E-state index is -3.21. The lowest BCUT2D eigenvalue weighted by Gasteiger charge is -2.12. The van der Waals surface area contributed by atoms with Gasteiger partial charge in [0.15, 0.2) is 9.84 Å². The summed E-state index contributed by atoms with van der Waals surface area (Å²) in [5.74, 6) is -0.170. The molecule has 0 spiro atoms. The molecule has 1 aromatic carbocycles. The van der Waals surface area contributed by atoms with Crippen molar-refractivity contribution in [2.45, 2.75) is 37.6 Å². The molecule has 1 amide bonds. The Hall–Kier alpha value is -1.36. The van der Waals surface area contributed by atoms with Crippen molar-refractivity contribution in [3.8, 4) is 0 Å². The summed E-state index contributed by atoms with van der Waals surface area (Å²) in [6.07, 6.45) is 3.08. The highest BCUT2D eigenvalue weighted by Crippen LogP contribution is 2.10. The van der Waals surface area contributed by atoms with E-state index >= 15 is 0 Å². The SMILES string of the molecule is CCCC(C)NC(=O)c1ccc(S(C)(=O)=O)cc1. The molecule has 18 heavy (non-hydrogen) atoms. The number of carbonyl (C=O) groups is 1. The van der Waals surface area contributed by atoms with E-state index < -0.39 is 9.84 Å². The maximum Gasteiger partial charge on any atom is 0.251 e. The molecule has 0 fully saturated rings. The molecule has 1 unspecified atom stereocenters. The van der Waals surface area contributed by atoms with Crippen LogP contribution in [0.5, 0.6) is 0 Å². The van der Waals surface area contributed by atoms with Gasteiger partial charge in [-0.2, -0.15) is 0 Å². The first kappa shape index (κ1) is 14.7. The molecule has 0 heterocycles. The third-order valence-electron chi connectivity index (χ3n) is 2.64. The fourth-order valence-electron chi connectivity index (χ4n) is 1.67. The number of hydrogen-bond acceptors (Lipinski definition) is 3. The molecule has 0 aromatic heterocycles. The summed E-state index contributed by atoms with van der Waals surface area (Å²) in [5, 5.41) is 2.87. The number of carbonyl (C=O) groups excluding carboxylic acids is 1. The maximum atomic E-state index is 11.8. The van der Waals surface area contributed by atoms with Gasteiger partial charge in [-0.3, -0.25) is 4.79 Å². The maximum absolute atomic E-state index is 11.8.